The van der Waals surface area contributed by atoms with Crippen molar-refractivity contribution in [2.24, 2.45) is 0 Å². The van der Waals surface area contributed by atoms with Crippen LogP contribution in [-0.4, -0.2) is 31.1 Å². The monoisotopic (exact) mass is 474 g/mol. The van der Waals surface area contributed by atoms with Crippen LogP contribution in [0.1, 0.15) is 13.8 Å². The molecule has 0 aliphatic heterocycles. The smallest absolute Gasteiger partial charge is 0.0964 e. The number of fused-ring (bicyclic) bond motifs is 3. The van der Waals surface area contributed by atoms with Crippen LogP contribution in [0.4, 0.5) is 0 Å². The van der Waals surface area contributed by atoms with Crippen LogP contribution < -0.4 is 0 Å². The molecule has 0 aliphatic carbocycles. The van der Waals surface area contributed by atoms with Crippen molar-refractivity contribution in [3.05, 3.63) is 48.8 Å². The molecule has 2 aromatic heterocycles. The van der Waals surface area contributed by atoms with E-state index in [-0.39, 0.29) is 21.1 Å². The first-order valence-corrected chi connectivity index (χ1v) is 12.4. The zero-order valence-corrected chi connectivity index (χ0v) is 18.6. The normalized spacial score (nSPS) is 8.00. The van der Waals surface area contributed by atoms with Crippen LogP contribution in [0.2, 0.25) is 8.87 Å². The maximum Gasteiger partial charge on any atom is 0.0964 e. The Bertz CT molecular complexity index is 760. The SMILES string of the molecule is C[CH2][Sn+2][CH2]C.N#C[S-].N#C[S-].c1cnc2c(c1)ccc1cccnc12. The maximum atomic E-state index is 7.13. The third-order valence-corrected chi connectivity index (χ3v) is 5.70. The van der Waals surface area contributed by atoms with Crippen molar-refractivity contribution in [1.29, 1.82) is 10.5 Å². The molecule has 0 bridgehead atoms. The maximum absolute atomic E-state index is 7.13. The Balaban J connectivity index is 0.000000441. The number of rotatable bonds is 2. The second-order valence-electron chi connectivity index (χ2n) is 4.36. The van der Waals surface area contributed by atoms with Gasteiger partial charge in [0.1, 0.15) is 0 Å². The molecule has 0 atom stereocenters. The predicted octanol–water partition coefficient (Wildman–Crippen LogP) is 4.38. The first-order chi connectivity index (χ1) is 12.2. The van der Waals surface area contributed by atoms with Crippen LogP contribution in [0.25, 0.3) is 21.8 Å². The zero-order valence-electron chi connectivity index (χ0n) is 14.1. The van der Waals surface area contributed by atoms with Gasteiger partial charge in [0, 0.05) is 23.2 Å². The van der Waals surface area contributed by atoms with E-state index in [1.165, 1.54) is 19.7 Å². The number of nitrogens with zero attached hydrogens (tertiary/aromatic N) is 4. The molecule has 0 unspecified atom stereocenters. The molecule has 0 radical (unpaired) electrons. The third kappa shape index (κ3) is 9.35. The first-order valence-electron chi connectivity index (χ1n) is 7.51. The average Bonchev–Trinajstić information content (AvgIpc) is 2.64. The molecule has 3 rings (SSSR count). The summed E-state index contributed by atoms with van der Waals surface area (Å²) in [6.07, 6.45) is 3.60. The predicted molar refractivity (Wildman–Crippen MR) is 110 cm³/mol. The van der Waals surface area contributed by atoms with Gasteiger partial charge < -0.3 is 25.3 Å². The molecule has 0 saturated carbocycles. The van der Waals surface area contributed by atoms with Gasteiger partial charge in [0.05, 0.1) is 11.0 Å². The second-order valence-corrected chi connectivity index (χ2v) is 10.2. The van der Waals surface area contributed by atoms with Gasteiger partial charge in [-0.3, -0.25) is 9.97 Å². The Morgan fingerprint density at radius 3 is 1.48 bits per heavy atom. The summed E-state index contributed by atoms with van der Waals surface area (Å²) < 4.78 is 3.03. The summed E-state index contributed by atoms with van der Waals surface area (Å²) in [6, 6.07) is 12.1. The van der Waals surface area contributed by atoms with Crippen molar-refractivity contribution in [3.8, 4) is 10.8 Å². The minimum Gasteiger partial charge on any atom is -0.696 e. The molecule has 1 aromatic carbocycles. The molecule has 2 heterocycles. The summed E-state index contributed by atoms with van der Waals surface area (Å²) in [4.78, 5) is 8.69. The quantitative estimate of drug-likeness (QED) is 0.238. The Labute approximate surface area is 170 Å². The molecule has 25 heavy (non-hydrogen) atoms. The van der Waals surface area contributed by atoms with Crippen molar-refractivity contribution in [2.45, 2.75) is 22.7 Å². The standard InChI is InChI=1S/C12H8N2.2C2H5.2CHNS.Sn/c1-3-9-5-6-10-4-2-8-14-12(10)11(9)13-7-1;2*1-2;2*2-1-3;/h1-8H;2*1H2,2H3;2*3H;/q;;;;;+2/p-2. The van der Waals surface area contributed by atoms with E-state index in [9.17, 15) is 0 Å². The van der Waals surface area contributed by atoms with E-state index < -0.39 is 0 Å². The molecular formula is C18H18N4S2Sn. The van der Waals surface area contributed by atoms with Crippen molar-refractivity contribution in [3.63, 3.8) is 0 Å². The molecule has 3 aromatic rings. The van der Waals surface area contributed by atoms with E-state index >= 15 is 0 Å². The molecule has 0 N–H and O–H groups in total. The van der Waals surface area contributed by atoms with Crippen LogP contribution in [0.15, 0.2) is 48.8 Å². The van der Waals surface area contributed by atoms with E-state index in [4.69, 9.17) is 10.5 Å². The molecular weight excluding hydrogens is 455 g/mol. The third-order valence-electron chi connectivity index (χ3n) is 2.84. The fourth-order valence-electron chi connectivity index (χ4n) is 1.93. The summed E-state index contributed by atoms with van der Waals surface area (Å²) in [5.74, 6) is 0. The van der Waals surface area contributed by atoms with E-state index in [0.29, 0.717) is 0 Å². The van der Waals surface area contributed by atoms with E-state index in [2.05, 4.69) is 73.3 Å². The fraction of sp³-hybridized carbons (Fsp3) is 0.222. The Kier molecular flexibility index (Phi) is 14.7. The minimum absolute atomic E-state index is 0.218. The number of hydrogen-bond donors (Lipinski definition) is 0. The van der Waals surface area contributed by atoms with Gasteiger partial charge in [0.2, 0.25) is 0 Å². The summed E-state index contributed by atoms with van der Waals surface area (Å²) in [7, 11) is 0. The number of benzene rings is 1. The van der Waals surface area contributed by atoms with Gasteiger partial charge in [-0.15, -0.1) is 0 Å². The van der Waals surface area contributed by atoms with E-state index in [0.717, 1.165) is 21.8 Å². The van der Waals surface area contributed by atoms with E-state index in [1.54, 1.807) is 12.4 Å². The van der Waals surface area contributed by atoms with Gasteiger partial charge in [0.25, 0.3) is 0 Å². The number of pyridine rings is 2. The van der Waals surface area contributed by atoms with Crippen LogP contribution in [0.3, 0.4) is 0 Å². The van der Waals surface area contributed by atoms with Gasteiger partial charge in [-0.1, -0.05) is 35.1 Å². The van der Waals surface area contributed by atoms with Gasteiger partial charge in [-0.25, -0.2) is 10.5 Å². The fourth-order valence-corrected chi connectivity index (χ4v) is 3.36. The van der Waals surface area contributed by atoms with Crippen molar-refractivity contribution in [2.75, 3.05) is 0 Å². The molecule has 0 spiro atoms. The Morgan fingerprint density at radius 1 is 0.840 bits per heavy atom. The minimum atomic E-state index is 0.218. The number of nitriles is 2. The molecule has 0 aliphatic rings. The summed E-state index contributed by atoms with van der Waals surface area (Å²) in [6.45, 7) is 4.57. The Hall–Kier alpha value is -1.74. The topological polar surface area (TPSA) is 73.4 Å². The molecule has 4 nitrogen and oxygen atoms in total. The van der Waals surface area contributed by atoms with Gasteiger partial charge in [0.15, 0.2) is 0 Å². The Morgan fingerprint density at radius 2 is 1.20 bits per heavy atom. The van der Waals surface area contributed by atoms with Crippen LogP contribution in [0.5, 0.6) is 0 Å². The second kappa shape index (κ2) is 15.8. The van der Waals surface area contributed by atoms with Gasteiger partial charge in [-0.05, 0) is 12.1 Å². The zero-order chi connectivity index (χ0) is 18.9. The van der Waals surface area contributed by atoms with Crippen molar-refractivity contribution < 1.29 is 0 Å². The van der Waals surface area contributed by atoms with Crippen molar-refractivity contribution in [1.82, 2.24) is 9.97 Å². The summed E-state index contributed by atoms with van der Waals surface area (Å²) in [5, 5.41) is 19.2. The molecule has 0 saturated heterocycles. The first kappa shape index (κ1) is 23.3. The molecule has 0 fully saturated rings. The molecule has 126 valence electrons. The van der Waals surface area contributed by atoms with Crippen LogP contribution in [0, 0.1) is 21.3 Å². The summed E-state index contributed by atoms with van der Waals surface area (Å²) in [5.41, 5.74) is 1.95. The molecule has 0 amide bonds. The van der Waals surface area contributed by atoms with Crippen LogP contribution in [-0.2, 0) is 25.3 Å². The van der Waals surface area contributed by atoms with Crippen LogP contribution >= 0.6 is 0 Å². The average molecular weight is 473 g/mol. The number of aromatic nitrogens is 2. The van der Waals surface area contributed by atoms with Crippen molar-refractivity contribution >= 4 is 68.2 Å². The summed E-state index contributed by atoms with van der Waals surface area (Å²) >= 11 is 7.62. The van der Waals surface area contributed by atoms with Gasteiger partial charge >= 0.3 is 43.9 Å². The number of thiocyanates is 2. The number of hydrogen-bond acceptors (Lipinski definition) is 6. The van der Waals surface area contributed by atoms with E-state index in [1.807, 2.05) is 12.1 Å². The molecule has 7 heteroatoms. The largest absolute Gasteiger partial charge is 0.696 e. The van der Waals surface area contributed by atoms with Gasteiger partial charge in [-0.2, -0.15) is 0 Å².